The Hall–Kier alpha value is -3.03. The van der Waals surface area contributed by atoms with Crippen molar-refractivity contribution in [3.63, 3.8) is 0 Å². The number of hydrogen-bond acceptors (Lipinski definition) is 5. The molecule has 1 heterocycles. The summed E-state index contributed by atoms with van der Waals surface area (Å²) >= 11 is 6.37. The molecule has 40 heavy (non-hydrogen) atoms. The van der Waals surface area contributed by atoms with Gasteiger partial charge in [-0.3, -0.25) is 9.59 Å². The second-order valence-corrected chi connectivity index (χ2v) is 12.4. The lowest BCUT2D eigenvalue weighted by Crippen LogP contribution is -2.49. The summed E-state index contributed by atoms with van der Waals surface area (Å²) in [4.78, 5) is 28.6. The Kier molecular flexibility index (Phi) is 8.16. The van der Waals surface area contributed by atoms with E-state index in [0.717, 1.165) is 42.8 Å². The predicted octanol–water partition coefficient (Wildman–Crippen LogP) is 5.03. The molecule has 0 aromatic heterocycles. The molecule has 0 bridgehead atoms. The van der Waals surface area contributed by atoms with E-state index in [-0.39, 0.29) is 29.6 Å². The third-order valence-electron chi connectivity index (χ3n) is 9.25. The Morgan fingerprint density at radius 2 is 2.05 bits per heavy atom. The number of carbonyl (C=O) groups excluding carboxylic acids is 1. The van der Waals surface area contributed by atoms with Gasteiger partial charge in [0, 0.05) is 44.0 Å². The summed E-state index contributed by atoms with van der Waals surface area (Å²) in [7, 11) is 3.27. The molecule has 1 saturated carbocycles. The summed E-state index contributed by atoms with van der Waals surface area (Å²) in [6, 6.07) is 11.7. The molecule has 214 valence electrons. The predicted molar refractivity (Wildman–Crippen MR) is 156 cm³/mol. The van der Waals surface area contributed by atoms with Crippen LogP contribution in [0.15, 0.2) is 49.1 Å². The maximum Gasteiger partial charge on any atom is 0.311 e. The Bertz CT molecular complexity index is 1300. The first-order chi connectivity index (χ1) is 19.1. The van der Waals surface area contributed by atoms with Gasteiger partial charge in [-0.2, -0.15) is 0 Å². The molecule has 2 aliphatic carbocycles. The van der Waals surface area contributed by atoms with Crippen molar-refractivity contribution < 1.29 is 24.5 Å². The van der Waals surface area contributed by atoms with E-state index in [1.807, 2.05) is 18.2 Å². The SMILES string of the molecule is C=CC(O)[C@@H]1CC[C@H]1CN1C[C@@]2(CCCc3cc(Cl)ccc32)COc2ccc(C(CC(=O)N(C)C)C(=O)O)cc21. The van der Waals surface area contributed by atoms with Gasteiger partial charge in [0.25, 0.3) is 0 Å². The number of benzene rings is 2. The van der Waals surface area contributed by atoms with Crippen LogP contribution >= 0.6 is 11.6 Å². The number of aliphatic carboxylic acids is 1. The molecule has 2 unspecified atom stereocenters. The molecule has 2 aromatic carbocycles. The third kappa shape index (κ3) is 5.46. The number of carboxylic acids is 1. The van der Waals surface area contributed by atoms with Crippen LogP contribution in [-0.4, -0.2) is 66.9 Å². The Labute approximate surface area is 241 Å². The maximum atomic E-state index is 12.5. The molecular formula is C32H39ClN2O5. The highest BCUT2D eigenvalue weighted by atomic mass is 35.5. The van der Waals surface area contributed by atoms with Gasteiger partial charge < -0.3 is 24.7 Å². The minimum absolute atomic E-state index is 0.115. The summed E-state index contributed by atoms with van der Waals surface area (Å²) in [6.07, 6.45) is 5.90. The number of carbonyl (C=O) groups is 2. The number of nitrogens with zero attached hydrogens (tertiary/aromatic N) is 2. The second kappa shape index (κ2) is 11.5. The lowest BCUT2D eigenvalue weighted by atomic mass is 9.68. The maximum absolute atomic E-state index is 12.5. The summed E-state index contributed by atoms with van der Waals surface area (Å²) < 4.78 is 6.54. The number of aliphatic hydroxyl groups excluding tert-OH is 1. The van der Waals surface area contributed by atoms with Gasteiger partial charge >= 0.3 is 5.97 Å². The van der Waals surface area contributed by atoms with Crippen molar-refractivity contribution in [2.45, 2.75) is 56.0 Å². The van der Waals surface area contributed by atoms with Crippen LogP contribution in [0.25, 0.3) is 0 Å². The third-order valence-corrected chi connectivity index (χ3v) is 9.49. The smallest absolute Gasteiger partial charge is 0.311 e. The van der Waals surface area contributed by atoms with Crippen LogP contribution in [0.1, 0.15) is 54.7 Å². The molecule has 2 N–H and O–H groups in total. The van der Waals surface area contributed by atoms with Crippen LogP contribution < -0.4 is 9.64 Å². The van der Waals surface area contributed by atoms with Crippen molar-refractivity contribution in [3.8, 4) is 5.75 Å². The molecule has 7 nitrogen and oxygen atoms in total. The first-order valence-corrected chi connectivity index (χ1v) is 14.5. The zero-order chi connectivity index (χ0) is 28.6. The molecule has 8 heteroatoms. The average Bonchev–Trinajstić information content (AvgIpc) is 3.06. The zero-order valence-corrected chi connectivity index (χ0v) is 24.1. The number of amides is 1. The Balaban J connectivity index is 1.55. The van der Waals surface area contributed by atoms with Gasteiger partial charge in [-0.1, -0.05) is 29.8 Å². The second-order valence-electron chi connectivity index (χ2n) is 11.9. The molecule has 2 aromatic rings. The number of fused-ring (bicyclic) bond motifs is 3. The fourth-order valence-electron chi connectivity index (χ4n) is 6.78. The van der Waals surface area contributed by atoms with Crippen molar-refractivity contribution in [2.75, 3.05) is 38.7 Å². The van der Waals surface area contributed by atoms with Gasteiger partial charge in [0.1, 0.15) is 5.75 Å². The van der Waals surface area contributed by atoms with E-state index in [1.54, 1.807) is 26.2 Å². The number of halogens is 1. The molecule has 1 spiro atoms. The number of aryl methyl sites for hydroxylation is 1. The van der Waals surface area contributed by atoms with Crippen LogP contribution in [0.5, 0.6) is 5.75 Å². The minimum atomic E-state index is -1.03. The van der Waals surface area contributed by atoms with E-state index >= 15 is 0 Å². The van der Waals surface area contributed by atoms with Crippen molar-refractivity contribution >= 4 is 29.2 Å². The lowest BCUT2D eigenvalue weighted by Gasteiger charge is -2.45. The van der Waals surface area contributed by atoms with Gasteiger partial charge in [-0.25, -0.2) is 0 Å². The molecule has 0 saturated heterocycles. The van der Waals surface area contributed by atoms with E-state index in [1.165, 1.54) is 16.0 Å². The molecule has 5 rings (SSSR count). The van der Waals surface area contributed by atoms with Gasteiger partial charge in [0.2, 0.25) is 5.91 Å². The van der Waals surface area contributed by atoms with E-state index in [0.29, 0.717) is 31.0 Å². The summed E-state index contributed by atoms with van der Waals surface area (Å²) in [5.74, 6) is -1.09. The molecular weight excluding hydrogens is 528 g/mol. The summed E-state index contributed by atoms with van der Waals surface area (Å²) in [6.45, 7) is 5.73. The summed E-state index contributed by atoms with van der Waals surface area (Å²) in [5.41, 5.74) is 3.69. The van der Waals surface area contributed by atoms with Crippen LogP contribution in [0.4, 0.5) is 5.69 Å². The molecule has 5 atom stereocenters. The number of aliphatic hydroxyl groups is 1. The Morgan fingerprint density at radius 3 is 2.73 bits per heavy atom. The normalized spacial score (nSPS) is 24.9. The van der Waals surface area contributed by atoms with Crippen LogP contribution in [0.3, 0.4) is 0 Å². The fourth-order valence-corrected chi connectivity index (χ4v) is 6.98. The average molecular weight is 567 g/mol. The standard InChI is InChI=1S/C32H39ClN2O5/c1-4-28(36)24-10-7-22(24)17-35-18-32(13-5-6-21-14-23(33)9-11-26(21)32)19-40-29-12-8-20(15-27(29)35)25(31(38)39)16-30(37)34(2)3/h4,8-9,11-12,14-15,22,24-25,28,36H,1,5-7,10,13,16-19H2,2-3H3,(H,38,39)/t22-,24+,25?,28?,32-/m0/s1. The van der Waals surface area contributed by atoms with Crippen molar-refractivity contribution in [3.05, 3.63) is 70.8 Å². The van der Waals surface area contributed by atoms with Gasteiger partial charge in [0.15, 0.2) is 0 Å². The lowest BCUT2D eigenvalue weighted by molar-refractivity contribution is -0.142. The van der Waals surface area contributed by atoms with E-state index in [9.17, 15) is 19.8 Å². The van der Waals surface area contributed by atoms with Crippen molar-refractivity contribution in [2.24, 2.45) is 11.8 Å². The number of anilines is 1. The number of carboxylic acid groups (broad SMARTS) is 1. The van der Waals surface area contributed by atoms with Crippen LogP contribution in [0.2, 0.25) is 5.02 Å². The number of rotatable bonds is 8. The molecule has 3 aliphatic rings. The highest BCUT2D eigenvalue weighted by molar-refractivity contribution is 6.30. The molecule has 1 amide bonds. The van der Waals surface area contributed by atoms with Crippen molar-refractivity contribution in [1.82, 2.24) is 4.90 Å². The first kappa shape index (κ1) is 28.5. The quantitative estimate of drug-likeness (QED) is 0.436. The van der Waals surface area contributed by atoms with Crippen LogP contribution in [0, 0.1) is 11.8 Å². The van der Waals surface area contributed by atoms with Crippen LogP contribution in [-0.2, 0) is 21.4 Å². The molecule has 0 radical (unpaired) electrons. The Morgan fingerprint density at radius 1 is 1.25 bits per heavy atom. The zero-order valence-electron chi connectivity index (χ0n) is 23.3. The molecule has 1 aliphatic heterocycles. The van der Waals surface area contributed by atoms with Crippen molar-refractivity contribution in [1.29, 1.82) is 0 Å². The minimum Gasteiger partial charge on any atom is -0.490 e. The fraction of sp³-hybridized carbons (Fsp3) is 0.500. The van der Waals surface area contributed by atoms with E-state index < -0.39 is 18.0 Å². The number of ether oxygens (including phenoxy) is 1. The van der Waals surface area contributed by atoms with E-state index in [2.05, 4.69) is 23.6 Å². The van der Waals surface area contributed by atoms with Gasteiger partial charge in [-0.15, -0.1) is 6.58 Å². The van der Waals surface area contributed by atoms with Gasteiger partial charge in [-0.05, 0) is 84.9 Å². The van der Waals surface area contributed by atoms with E-state index in [4.69, 9.17) is 16.3 Å². The first-order valence-electron chi connectivity index (χ1n) is 14.2. The molecule has 1 fully saturated rings. The highest BCUT2D eigenvalue weighted by Gasteiger charge is 2.44. The summed E-state index contributed by atoms with van der Waals surface area (Å²) in [5, 5.41) is 21.4. The monoisotopic (exact) mass is 566 g/mol. The number of hydrogen-bond donors (Lipinski definition) is 2. The highest BCUT2D eigenvalue weighted by Crippen LogP contribution is 2.47. The largest absolute Gasteiger partial charge is 0.490 e. The topological polar surface area (TPSA) is 90.3 Å². The van der Waals surface area contributed by atoms with Gasteiger partial charge in [0.05, 0.1) is 24.3 Å².